The lowest BCUT2D eigenvalue weighted by Gasteiger charge is -2.11. The molecule has 98 valence electrons. The van der Waals surface area contributed by atoms with Gasteiger partial charge in [0.15, 0.2) is 0 Å². The molecule has 1 aromatic rings. The summed E-state index contributed by atoms with van der Waals surface area (Å²) >= 11 is 3.32. The van der Waals surface area contributed by atoms with Gasteiger partial charge in [-0.15, -0.1) is 0 Å². The number of halogens is 1. The molecule has 1 aromatic carbocycles. The van der Waals surface area contributed by atoms with Crippen molar-refractivity contribution in [3.05, 3.63) is 33.8 Å². The van der Waals surface area contributed by atoms with E-state index in [1.165, 1.54) is 0 Å². The van der Waals surface area contributed by atoms with Gasteiger partial charge in [-0.3, -0.25) is 9.59 Å². The number of rotatable bonds is 3. The number of nitrogens with one attached hydrogen (secondary N) is 2. The first-order chi connectivity index (χ1) is 9.08. The van der Waals surface area contributed by atoms with Crippen LogP contribution < -0.4 is 10.6 Å². The quantitative estimate of drug-likeness (QED) is 0.866. The molecule has 1 unspecified atom stereocenters. The molecule has 0 radical (unpaired) electrons. The van der Waals surface area contributed by atoms with E-state index >= 15 is 0 Å². The van der Waals surface area contributed by atoms with Crippen molar-refractivity contribution in [2.75, 3.05) is 6.54 Å². The fourth-order valence-corrected chi connectivity index (χ4v) is 2.39. The second-order valence-electron chi connectivity index (χ2n) is 4.36. The minimum absolute atomic E-state index is 0.0505. The van der Waals surface area contributed by atoms with E-state index < -0.39 is 0 Å². The Morgan fingerprint density at radius 3 is 3.00 bits per heavy atom. The summed E-state index contributed by atoms with van der Waals surface area (Å²) in [4.78, 5) is 22.9. The largest absolute Gasteiger partial charge is 0.354 e. The van der Waals surface area contributed by atoms with E-state index in [1.54, 1.807) is 18.2 Å². The summed E-state index contributed by atoms with van der Waals surface area (Å²) in [6.07, 6.45) is 0.447. The molecule has 0 aromatic heterocycles. The number of carbonyl (C=O) groups excluding carboxylic acids is 2. The van der Waals surface area contributed by atoms with Gasteiger partial charge >= 0.3 is 0 Å². The summed E-state index contributed by atoms with van der Waals surface area (Å²) in [6, 6.07) is 7.10. The third-order valence-electron chi connectivity index (χ3n) is 2.88. The van der Waals surface area contributed by atoms with Crippen LogP contribution in [0.2, 0.25) is 0 Å². The average Bonchev–Trinajstić information content (AvgIpc) is 2.75. The predicted octanol–water partition coefficient (Wildman–Crippen LogP) is 0.868. The molecule has 2 N–H and O–H groups in total. The van der Waals surface area contributed by atoms with Gasteiger partial charge in [-0.25, -0.2) is 0 Å². The first kappa shape index (κ1) is 13.6. The van der Waals surface area contributed by atoms with Crippen molar-refractivity contribution >= 4 is 27.7 Å². The van der Waals surface area contributed by atoms with Crippen molar-refractivity contribution in [2.45, 2.75) is 18.9 Å². The van der Waals surface area contributed by atoms with Crippen LogP contribution in [0.3, 0.4) is 0 Å². The molecule has 1 fully saturated rings. The summed E-state index contributed by atoms with van der Waals surface area (Å²) in [5, 5.41) is 14.4. The van der Waals surface area contributed by atoms with E-state index in [1.807, 2.05) is 0 Å². The van der Waals surface area contributed by atoms with Crippen LogP contribution in [0, 0.1) is 11.3 Å². The van der Waals surface area contributed by atoms with Gasteiger partial charge in [0.05, 0.1) is 24.1 Å². The summed E-state index contributed by atoms with van der Waals surface area (Å²) in [5.41, 5.74) is 1.16. The number of hydrogen-bond acceptors (Lipinski definition) is 3. The maximum Gasteiger partial charge on any atom is 0.224 e. The average molecular weight is 322 g/mol. The van der Waals surface area contributed by atoms with Crippen LogP contribution in [-0.2, 0) is 16.0 Å². The normalized spacial score (nSPS) is 17.7. The fourth-order valence-electron chi connectivity index (χ4n) is 1.98. The van der Waals surface area contributed by atoms with Crippen LogP contribution in [0.4, 0.5) is 0 Å². The van der Waals surface area contributed by atoms with Gasteiger partial charge in [-0.05, 0) is 23.8 Å². The molecule has 1 saturated heterocycles. The number of amides is 2. The van der Waals surface area contributed by atoms with Crippen molar-refractivity contribution in [1.82, 2.24) is 10.6 Å². The van der Waals surface area contributed by atoms with Crippen LogP contribution in [0.5, 0.6) is 0 Å². The molecule has 2 amide bonds. The van der Waals surface area contributed by atoms with E-state index in [9.17, 15) is 9.59 Å². The van der Waals surface area contributed by atoms with Gasteiger partial charge in [0.2, 0.25) is 11.8 Å². The van der Waals surface area contributed by atoms with E-state index in [4.69, 9.17) is 5.26 Å². The highest BCUT2D eigenvalue weighted by atomic mass is 79.9. The zero-order valence-electron chi connectivity index (χ0n) is 10.1. The fraction of sp³-hybridized carbons (Fsp3) is 0.308. The van der Waals surface area contributed by atoms with Crippen LogP contribution in [0.1, 0.15) is 17.5 Å². The Kier molecular flexibility index (Phi) is 4.17. The molecule has 0 bridgehead atoms. The zero-order chi connectivity index (χ0) is 13.8. The maximum absolute atomic E-state index is 11.9. The molecule has 1 heterocycles. The molecular formula is C13H12BrN3O2. The highest BCUT2D eigenvalue weighted by Gasteiger charge is 2.23. The molecule has 0 saturated carbocycles. The Morgan fingerprint density at radius 2 is 2.37 bits per heavy atom. The first-order valence-corrected chi connectivity index (χ1v) is 6.62. The summed E-state index contributed by atoms with van der Waals surface area (Å²) < 4.78 is 0.826. The minimum Gasteiger partial charge on any atom is -0.354 e. The lowest BCUT2D eigenvalue weighted by molar-refractivity contribution is -0.121. The van der Waals surface area contributed by atoms with Crippen molar-refractivity contribution < 1.29 is 9.59 Å². The van der Waals surface area contributed by atoms with E-state index in [-0.39, 0.29) is 24.3 Å². The highest BCUT2D eigenvalue weighted by Crippen LogP contribution is 2.16. The van der Waals surface area contributed by atoms with Crippen LogP contribution >= 0.6 is 15.9 Å². The lowest BCUT2D eigenvalue weighted by atomic mass is 10.1. The smallest absolute Gasteiger partial charge is 0.224 e. The predicted molar refractivity (Wildman–Crippen MR) is 72.1 cm³/mol. The van der Waals surface area contributed by atoms with E-state index in [2.05, 4.69) is 32.6 Å². The van der Waals surface area contributed by atoms with Crippen molar-refractivity contribution in [1.29, 1.82) is 5.26 Å². The van der Waals surface area contributed by atoms with Gasteiger partial charge in [-0.1, -0.05) is 15.9 Å². The molecule has 6 heteroatoms. The van der Waals surface area contributed by atoms with Gasteiger partial charge < -0.3 is 10.6 Å². The highest BCUT2D eigenvalue weighted by molar-refractivity contribution is 9.10. The molecule has 5 nitrogen and oxygen atoms in total. The Hall–Kier alpha value is -1.87. The van der Waals surface area contributed by atoms with Crippen LogP contribution in [0.15, 0.2) is 22.7 Å². The molecular weight excluding hydrogens is 310 g/mol. The van der Waals surface area contributed by atoms with E-state index in [0.717, 1.165) is 4.47 Å². The maximum atomic E-state index is 11.9. The van der Waals surface area contributed by atoms with Crippen molar-refractivity contribution in [3.63, 3.8) is 0 Å². The molecule has 1 aliphatic rings. The summed E-state index contributed by atoms with van der Waals surface area (Å²) in [6.45, 7) is 0.466. The standard InChI is InChI=1S/C13H12BrN3O2/c14-10-2-1-8(6-15)9(3-10)4-13(19)17-11-5-12(18)16-7-11/h1-3,11H,4-5,7H2,(H,16,18)(H,17,19). The summed E-state index contributed by atoms with van der Waals surface area (Å²) in [5.74, 6) is -0.235. The van der Waals surface area contributed by atoms with Gasteiger partial charge in [0, 0.05) is 17.4 Å². The molecule has 19 heavy (non-hydrogen) atoms. The number of nitriles is 1. The molecule has 0 spiro atoms. The topological polar surface area (TPSA) is 82.0 Å². The Balaban J connectivity index is 2.01. The van der Waals surface area contributed by atoms with Crippen LogP contribution in [0.25, 0.3) is 0 Å². The van der Waals surface area contributed by atoms with E-state index in [0.29, 0.717) is 24.1 Å². The third kappa shape index (κ3) is 3.55. The van der Waals surface area contributed by atoms with Crippen molar-refractivity contribution in [3.8, 4) is 6.07 Å². The number of carbonyl (C=O) groups is 2. The minimum atomic E-state index is -0.184. The van der Waals surface area contributed by atoms with Crippen molar-refractivity contribution in [2.24, 2.45) is 0 Å². The SMILES string of the molecule is N#Cc1ccc(Br)cc1CC(=O)NC1CNC(=O)C1. The molecule has 0 aliphatic carbocycles. The Morgan fingerprint density at radius 1 is 1.58 bits per heavy atom. The molecule has 1 atom stereocenters. The first-order valence-electron chi connectivity index (χ1n) is 5.83. The van der Waals surface area contributed by atoms with Gasteiger partial charge in [0.1, 0.15) is 0 Å². The lowest BCUT2D eigenvalue weighted by Crippen LogP contribution is -2.37. The molecule has 1 aliphatic heterocycles. The third-order valence-corrected chi connectivity index (χ3v) is 3.37. The number of hydrogen-bond donors (Lipinski definition) is 2. The summed E-state index contributed by atoms with van der Waals surface area (Å²) in [7, 11) is 0. The van der Waals surface area contributed by atoms with Gasteiger partial charge in [0.25, 0.3) is 0 Å². The Bertz CT molecular complexity index is 565. The molecule has 2 rings (SSSR count). The second kappa shape index (κ2) is 5.85. The monoisotopic (exact) mass is 321 g/mol. The second-order valence-corrected chi connectivity index (χ2v) is 5.28. The Labute approximate surface area is 119 Å². The zero-order valence-corrected chi connectivity index (χ0v) is 11.7. The van der Waals surface area contributed by atoms with Crippen LogP contribution in [-0.4, -0.2) is 24.4 Å². The number of benzene rings is 1. The van der Waals surface area contributed by atoms with Gasteiger partial charge in [-0.2, -0.15) is 5.26 Å². The number of nitrogens with zero attached hydrogens (tertiary/aromatic N) is 1.